The Hall–Kier alpha value is -0.740. The maximum atomic E-state index is 11.8. The lowest BCUT2D eigenvalue weighted by Crippen LogP contribution is -2.36. The van der Waals surface area contributed by atoms with Gasteiger partial charge in [-0.05, 0) is 41.0 Å². The van der Waals surface area contributed by atoms with Gasteiger partial charge in [-0.25, -0.2) is 0 Å². The van der Waals surface area contributed by atoms with Gasteiger partial charge in [0.25, 0.3) is 0 Å². The average Bonchev–Trinajstić information content (AvgIpc) is 2.11. The summed E-state index contributed by atoms with van der Waals surface area (Å²) in [5, 5.41) is 9.52. The molecule has 100 valence electrons. The fraction of sp³-hybridized carbons (Fsp3) is 0.846. The van der Waals surface area contributed by atoms with Gasteiger partial charge < -0.3 is 14.6 Å². The second-order valence-electron chi connectivity index (χ2n) is 5.55. The van der Waals surface area contributed by atoms with E-state index in [-0.39, 0.29) is 24.4 Å². The zero-order chi connectivity index (χ0) is 13.7. The Bertz CT molecular complexity index is 274. The minimum atomic E-state index is -0.888. The van der Waals surface area contributed by atoms with Crippen LogP contribution in [0, 0.1) is 0 Å². The zero-order valence-corrected chi connectivity index (χ0v) is 11.5. The second-order valence-corrected chi connectivity index (χ2v) is 5.55. The minimum absolute atomic E-state index is 0.00522. The van der Waals surface area contributed by atoms with Gasteiger partial charge in [-0.15, -0.1) is 0 Å². The van der Waals surface area contributed by atoms with E-state index in [1.54, 1.807) is 27.7 Å². The Morgan fingerprint density at radius 3 is 2.06 bits per heavy atom. The monoisotopic (exact) mass is 244 g/mol. The molecule has 0 aliphatic carbocycles. The van der Waals surface area contributed by atoms with Crippen molar-refractivity contribution in [3.63, 3.8) is 0 Å². The van der Waals surface area contributed by atoms with Crippen molar-refractivity contribution in [3.05, 3.63) is 0 Å². The van der Waals surface area contributed by atoms with E-state index in [1.807, 2.05) is 0 Å². The molecule has 0 atom stereocenters. The van der Waals surface area contributed by atoms with Crippen LogP contribution in [0.3, 0.4) is 0 Å². The number of aliphatic hydroxyl groups is 1. The first-order chi connectivity index (χ1) is 7.54. The fourth-order valence-electron chi connectivity index (χ4n) is 1.23. The summed E-state index contributed by atoms with van der Waals surface area (Å²) in [5.41, 5.74) is -1.68. The lowest BCUT2D eigenvalue weighted by Gasteiger charge is -2.26. The first-order valence-electron chi connectivity index (χ1n) is 5.94. The second kappa shape index (κ2) is 6.26. The van der Waals surface area contributed by atoms with Crippen molar-refractivity contribution in [1.82, 2.24) is 0 Å². The maximum Gasteiger partial charge on any atom is 0.164 e. The number of carbonyl (C=O) groups excluding carboxylic acids is 2. The highest BCUT2D eigenvalue weighted by Gasteiger charge is 2.28. The van der Waals surface area contributed by atoms with Crippen LogP contribution in [0.1, 0.15) is 53.9 Å². The molecule has 0 heterocycles. The molecule has 17 heavy (non-hydrogen) atoms. The third-order valence-corrected chi connectivity index (χ3v) is 2.55. The molecule has 0 aliphatic heterocycles. The molecule has 0 bridgehead atoms. The number of hydrogen-bond donors (Lipinski definition) is 1. The van der Waals surface area contributed by atoms with Gasteiger partial charge in [0.05, 0.1) is 12.2 Å². The Kier molecular flexibility index (Phi) is 5.99. The van der Waals surface area contributed by atoms with E-state index in [2.05, 4.69) is 0 Å². The van der Waals surface area contributed by atoms with Gasteiger partial charge in [-0.2, -0.15) is 0 Å². The van der Waals surface area contributed by atoms with E-state index in [0.29, 0.717) is 13.0 Å². The van der Waals surface area contributed by atoms with Crippen LogP contribution in [-0.2, 0) is 14.3 Å². The van der Waals surface area contributed by atoms with E-state index in [9.17, 15) is 14.7 Å². The third-order valence-electron chi connectivity index (χ3n) is 2.55. The highest BCUT2D eigenvalue weighted by molar-refractivity contribution is 5.90. The molecule has 4 nitrogen and oxygen atoms in total. The molecule has 0 saturated heterocycles. The smallest absolute Gasteiger partial charge is 0.164 e. The van der Waals surface area contributed by atoms with Gasteiger partial charge in [0.2, 0.25) is 0 Å². The van der Waals surface area contributed by atoms with Crippen molar-refractivity contribution in [2.24, 2.45) is 0 Å². The first kappa shape index (κ1) is 16.3. The van der Waals surface area contributed by atoms with Crippen molar-refractivity contribution >= 4 is 11.6 Å². The maximum absolute atomic E-state index is 11.8. The molecule has 0 rings (SSSR count). The predicted molar refractivity (Wildman–Crippen MR) is 65.9 cm³/mol. The van der Waals surface area contributed by atoms with Crippen LogP contribution in [0.5, 0.6) is 0 Å². The van der Waals surface area contributed by atoms with Crippen LogP contribution in [0.2, 0.25) is 0 Å². The molecule has 4 heteroatoms. The summed E-state index contributed by atoms with van der Waals surface area (Å²) in [5.74, 6) is -0.0749. The average molecular weight is 244 g/mol. The van der Waals surface area contributed by atoms with Gasteiger partial charge >= 0.3 is 0 Å². The molecule has 0 aromatic carbocycles. The molecule has 0 saturated carbocycles. The summed E-state index contributed by atoms with van der Waals surface area (Å²) in [6.07, 6.45) is 0.943. The van der Waals surface area contributed by atoms with Gasteiger partial charge in [0.15, 0.2) is 5.78 Å². The summed E-state index contributed by atoms with van der Waals surface area (Å²) in [6, 6.07) is 0. The first-order valence-corrected chi connectivity index (χ1v) is 5.94. The molecule has 0 aliphatic rings. The van der Waals surface area contributed by atoms with Crippen molar-refractivity contribution < 1.29 is 19.4 Å². The van der Waals surface area contributed by atoms with E-state index in [4.69, 9.17) is 4.74 Å². The normalized spacial score (nSPS) is 12.6. The van der Waals surface area contributed by atoms with E-state index >= 15 is 0 Å². The van der Waals surface area contributed by atoms with Gasteiger partial charge in [0, 0.05) is 12.8 Å². The van der Waals surface area contributed by atoms with Crippen molar-refractivity contribution in [2.45, 2.75) is 65.1 Å². The number of hydrogen-bond acceptors (Lipinski definition) is 4. The molecule has 1 N–H and O–H groups in total. The number of rotatable bonds is 8. The largest absolute Gasteiger partial charge is 0.390 e. The molecule has 0 radical (unpaired) electrons. The van der Waals surface area contributed by atoms with Crippen LogP contribution in [0.15, 0.2) is 0 Å². The number of carbonyl (C=O) groups is 2. The Morgan fingerprint density at radius 1 is 1.12 bits per heavy atom. The quantitative estimate of drug-likeness (QED) is 0.708. The minimum Gasteiger partial charge on any atom is -0.390 e. The summed E-state index contributed by atoms with van der Waals surface area (Å²) >= 11 is 0. The van der Waals surface area contributed by atoms with Crippen LogP contribution in [-0.4, -0.2) is 34.5 Å². The van der Waals surface area contributed by atoms with E-state index in [0.717, 1.165) is 0 Å². The number of Topliss-reactive ketones (excluding diaryl/α,β-unsaturated/α-hetero) is 2. The Morgan fingerprint density at radius 2 is 1.65 bits per heavy atom. The van der Waals surface area contributed by atoms with E-state index < -0.39 is 11.2 Å². The molecule has 0 amide bonds. The van der Waals surface area contributed by atoms with Crippen molar-refractivity contribution in [3.8, 4) is 0 Å². The SMILES string of the molecule is CC(=O)CCC(=O)C(C)(C)OCCC(C)(C)O. The van der Waals surface area contributed by atoms with Crippen LogP contribution < -0.4 is 0 Å². The molecule has 0 fully saturated rings. The summed E-state index contributed by atoms with van der Waals surface area (Å²) in [4.78, 5) is 22.6. The summed E-state index contributed by atoms with van der Waals surface area (Å²) < 4.78 is 5.48. The topological polar surface area (TPSA) is 63.6 Å². The summed E-state index contributed by atoms with van der Waals surface area (Å²) in [7, 11) is 0. The molecule has 0 aromatic rings. The van der Waals surface area contributed by atoms with Crippen LogP contribution >= 0.6 is 0 Å². The Labute approximate surface area is 103 Å². The van der Waals surface area contributed by atoms with Gasteiger partial charge in [-0.3, -0.25) is 4.79 Å². The molecule has 0 unspecified atom stereocenters. The molecular formula is C13H24O4. The summed E-state index contributed by atoms with van der Waals surface area (Å²) in [6.45, 7) is 8.57. The lowest BCUT2D eigenvalue weighted by molar-refractivity contribution is -0.143. The van der Waals surface area contributed by atoms with Gasteiger partial charge in [0.1, 0.15) is 11.4 Å². The number of ketones is 2. The van der Waals surface area contributed by atoms with Crippen LogP contribution in [0.4, 0.5) is 0 Å². The lowest BCUT2D eigenvalue weighted by atomic mass is 9.98. The number of ether oxygens (including phenoxy) is 1. The third kappa shape index (κ3) is 8.05. The van der Waals surface area contributed by atoms with Crippen molar-refractivity contribution in [1.29, 1.82) is 0 Å². The molecular weight excluding hydrogens is 220 g/mol. The highest BCUT2D eigenvalue weighted by Crippen LogP contribution is 2.17. The fourth-order valence-corrected chi connectivity index (χ4v) is 1.23. The standard InChI is InChI=1S/C13H24O4/c1-10(14)6-7-11(15)13(4,5)17-9-8-12(2,3)16/h16H,6-9H2,1-5H3. The Balaban J connectivity index is 4.09. The van der Waals surface area contributed by atoms with Crippen molar-refractivity contribution in [2.75, 3.05) is 6.61 Å². The van der Waals surface area contributed by atoms with Gasteiger partial charge in [-0.1, -0.05) is 0 Å². The predicted octanol–water partition coefficient (Wildman–Crippen LogP) is 1.88. The highest BCUT2D eigenvalue weighted by atomic mass is 16.5. The molecule has 0 aromatic heterocycles. The van der Waals surface area contributed by atoms with Crippen LogP contribution in [0.25, 0.3) is 0 Å². The molecule has 0 spiro atoms. The van der Waals surface area contributed by atoms with E-state index in [1.165, 1.54) is 6.92 Å². The zero-order valence-electron chi connectivity index (χ0n) is 11.5.